The summed E-state index contributed by atoms with van der Waals surface area (Å²) >= 11 is 5.84. The standard InChI is InChI=1S/C28H36N3O9PS/c1-17(24(34)37-16-27(2,3)4)30-41(42,40-20-12-8-10-18-9-6-7-11-19(18)20)38-15-21-23(33)28(5,36)25(39-21)31-14-13-22(32)29-26(31)35/h6-14,17,21,23,25,33,36H,15-16H2,1-5H3,(H,30,42)(H,29,32,35)/t17-,21+,23+,25+,28+,41?/m0/s1. The van der Waals surface area contributed by atoms with Gasteiger partial charge in [0.25, 0.3) is 5.56 Å². The maximum atomic E-state index is 12.8. The summed E-state index contributed by atoms with van der Waals surface area (Å²) in [6.45, 7) is 4.95. The largest absolute Gasteiger partial charge is 0.464 e. The number of hydrogen-bond acceptors (Lipinski definition) is 10. The first-order valence-electron chi connectivity index (χ1n) is 13.3. The highest BCUT2D eigenvalue weighted by Crippen LogP contribution is 2.48. The van der Waals surface area contributed by atoms with E-state index in [1.165, 1.54) is 6.92 Å². The lowest BCUT2D eigenvalue weighted by Gasteiger charge is -2.29. The highest BCUT2D eigenvalue weighted by Gasteiger charge is 2.54. The van der Waals surface area contributed by atoms with Crippen molar-refractivity contribution < 1.29 is 33.5 Å². The topological polar surface area (TPSA) is 161 Å². The second-order valence-corrected chi connectivity index (χ2v) is 14.7. The highest BCUT2D eigenvalue weighted by molar-refractivity contribution is 8.09. The number of aliphatic hydroxyl groups excluding tert-OH is 1. The van der Waals surface area contributed by atoms with Crippen molar-refractivity contribution in [3.8, 4) is 5.75 Å². The molecule has 3 aromatic rings. The van der Waals surface area contributed by atoms with Crippen LogP contribution in [0.2, 0.25) is 0 Å². The van der Waals surface area contributed by atoms with Gasteiger partial charge in [0.05, 0.1) is 13.2 Å². The average molecular weight is 622 g/mol. The number of benzene rings is 2. The minimum atomic E-state index is -3.55. The lowest BCUT2D eigenvalue weighted by Crippen LogP contribution is -2.47. The fourth-order valence-electron chi connectivity index (χ4n) is 4.36. The summed E-state index contributed by atoms with van der Waals surface area (Å²) in [7, 11) is 0. The van der Waals surface area contributed by atoms with Crippen LogP contribution in [0.5, 0.6) is 5.75 Å². The predicted molar refractivity (Wildman–Crippen MR) is 160 cm³/mol. The van der Waals surface area contributed by atoms with Crippen LogP contribution in [0.15, 0.2) is 64.3 Å². The number of fused-ring (bicyclic) bond motifs is 1. The monoisotopic (exact) mass is 621 g/mol. The van der Waals surface area contributed by atoms with E-state index in [1.54, 1.807) is 19.1 Å². The van der Waals surface area contributed by atoms with Gasteiger partial charge in [-0.1, -0.05) is 57.2 Å². The van der Waals surface area contributed by atoms with Crippen LogP contribution in [-0.4, -0.2) is 62.8 Å². The summed E-state index contributed by atoms with van der Waals surface area (Å²) in [6, 6.07) is 13.1. The van der Waals surface area contributed by atoms with Crippen LogP contribution in [0, 0.1) is 5.41 Å². The van der Waals surface area contributed by atoms with E-state index in [1.807, 2.05) is 51.1 Å². The fraction of sp³-hybridized carbons (Fsp3) is 0.464. The number of esters is 1. The van der Waals surface area contributed by atoms with Crippen molar-refractivity contribution in [3.63, 3.8) is 0 Å². The number of H-pyrrole nitrogens is 1. The molecule has 1 fully saturated rings. The first kappa shape index (κ1) is 32.0. The number of aliphatic hydroxyl groups is 2. The number of rotatable bonds is 10. The number of carbonyl (C=O) groups is 1. The van der Waals surface area contributed by atoms with E-state index in [9.17, 15) is 24.6 Å². The number of aromatic nitrogens is 2. The molecule has 2 heterocycles. The molecule has 2 aromatic carbocycles. The predicted octanol–water partition coefficient (Wildman–Crippen LogP) is 2.59. The van der Waals surface area contributed by atoms with E-state index in [2.05, 4.69) is 10.1 Å². The first-order chi connectivity index (χ1) is 19.6. The number of carbonyl (C=O) groups excluding carboxylic acids is 1. The van der Waals surface area contributed by atoms with E-state index < -0.39 is 53.9 Å². The molecule has 1 aliphatic rings. The number of ether oxygens (including phenoxy) is 2. The van der Waals surface area contributed by atoms with Crippen molar-refractivity contribution in [1.82, 2.24) is 14.6 Å². The van der Waals surface area contributed by atoms with Gasteiger partial charge in [-0.2, -0.15) is 0 Å². The third-order valence-electron chi connectivity index (χ3n) is 6.59. The molecule has 12 nitrogen and oxygen atoms in total. The molecule has 42 heavy (non-hydrogen) atoms. The molecule has 0 radical (unpaired) electrons. The van der Waals surface area contributed by atoms with Crippen LogP contribution in [0.4, 0.5) is 0 Å². The van der Waals surface area contributed by atoms with Gasteiger partial charge in [-0.05, 0) is 42.5 Å². The first-order valence-corrected chi connectivity index (χ1v) is 16.0. The molecule has 0 aliphatic carbocycles. The molecule has 1 aromatic heterocycles. The lowest BCUT2D eigenvalue weighted by molar-refractivity contribution is -0.148. The number of hydrogen-bond donors (Lipinski definition) is 4. The van der Waals surface area contributed by atoms with E-state index in [-0.39, 0.29) is 18.6 Å². The second-order valence-electron chi connectivity index (χ2n) is 11.6. The minimum Gasteiger partial charge on any atom is -0.464 e. The zero-order valence-electron chi connectivity index (χ0n) is 24.0. The van der Waals surface area contributed by atoms with Crippen LogP contribution in [0.1, 0.15) is 40.8 Å². The molecule has 0 saturated carbocycles. The zero-order valence-corrected chi connectivity index (χ0v) is 25.7. The van der Waals surface area contributed by atoms with Gasteiger partial charge < -0.3 is 28.7 Å². The highest BCUT2D eigenvalue weighted by atomic mass is 32.5. The van der Waals surface area contributed by atoms with Gasteiger partial charge in [0.15, 0.2) is 6.23 Å². The molecule has 4 N–H and O–H groups in total. The Hall–Kier alpha value is -2.90. The summed E-state index contributed by atoms with van der Waals surface area (Å²) in [5.74, 6) is -0.140. The Morgan fingerprint density at radius 2 is 1.90 bits per heavy atom. The van der Waals surface area contributed by atoms with E-state index in [0.29, 0.717) is 5.75 Å². The Labute approximate surface area is 247 Å². The Balaban J connectivity index is 1.58. The third kappa shape index (κ3) is 7.35. The lowest BCUT2D eigenvalue weighted by atomic mass is 9.96. The van der Waals surface area contributed by atoms with Gasteiger partial charge in [0.1, 0.15) is 29.6 Å². The van der Waals surface area contributed by atoms with Crippen molar-refractivity contribution in [2.75, 3.05) is 13.2 Å². The van der Waals surface area contributed by atoms with Gasteiger partial charge in [-0.15, -0.1) is 0 Å². The van der Waals surface area contributed by atoms with Gasteiger partial charge in [0.2, 0.25) is 0 Å². The van der Waals surface area contributed by atoms with Crippen LogP contribution >= 0.6 is 6.64 Å². The van der Waals surface area contributed by atoms with Gasteiger partial charge in [0, 0.05) is 17.6 Å². The van der Waals surface area contributed by atoms with Crippen LogP contribution in [0.3, 0.4) is 0 Å². The molecule has 0 bridgehead atoms. The normalized spacial score (nSPS) is 24.7. The van der Waals surface area contributed by atoms with Crippen LogP contribution in [0.25, 0.3) is 10.8 Å². The van der Waals surface area contributed by atoms with Crippen molar-refractivity contribution in [1.29, 1.82) is 0 Å². The fourth-order valence-corrected chi connectivity index (χ4v) is 6.78. The van der Waals surface area contributed by atoms with E-state index in [0.717, 1.165) is 27.6 Å². The summed E-state index contributed by atoms with van der Waals surface area (Å²) in [4.78, 5) is 38.8. The van der Waals surface area contributed by atoms with E-state index in [4.69, 9.17) is 30.3 Å². The maximum Gasteiger partial charge on any atom is 0.330 e. The van der Waals surface area contributed by atoms with Gasteiger partial charge in [-0.3, -0.25) is 19.1 Å². The Morgan fingerprint density at radius 1 is 1.21 bits per heavy atom. The summed E-state index contributed by atoms with van der Waals surface area (Å²) < 4.78 is 24.6. The van der Waals surface area contributed by atoms with Gasteiger partial charge in [-0.25, -0.2) is 9.88 Å². The number of aromatic amines is 1. The molecule has 228 valence electrons. The second kappa shape index (κ2) is 12.4. The molecular formula is C28H36N3O9PS. The van der Waals surface area contributed by atoms with Gasteiger partial charge >= 0.3 is 18.3 Å². The maximum absolute atomic E-state index is 12.8. The number of nitrogens with zero attached hydrogens (tertiary/aromatic N) is 1. The van der Waals surface area contributed by atoms with E-state index >= 15 is 0 Å². The summed E-state index contributed by atoms with van der Waals surface area (Å²) in [6.07, 6.45) is -2.86. The van der Waals surface area contributed by atoms with Crippen LogP contribution < -0.4 is 20.9 Å². The minimum absolute atomic E-state index is 0.189. The van der Waals surface area contributed by atoms with Crippen molar-refractivity contribution in [3.05, 3.63) is 75.6 Å². The molecule has 0 spiro atoms. The zero-order chi connectivity index (χ0) is 30.9. The quantitative estimate of drug-likeness (QED) is 0.195. The number of nitrogens with one attached hydrogen (secondary N) is 2. The Morgan fingerprint density at radius 3 is 2.60 bits per heavy atom. The molecule has 1 aliphatic heterocycles. The average Bonchev–Trinajstić information content (AvgIpc) is 3.14. The molecule has 1 unspecified atom stereocenters. The third-order valence-corrected chi connectivity index (χ3v) is 9.07. The summed E-state index contributed by atoms with van der Waals surface area (Å²) in [5.41, 5.74) is -3.63. The summed E-state index contributed by atoms with van der Waals surface area (Å²) in [5, 5.41) is 26.6. The smallest absolute Gasteiger partial charge is 0.330 e. The Bertz CT molecular complexity index is 1590. The van der Waals surface area contributed by atoms with Crippen LogP contribution in [-0.2, 0) is 30.6 Å². The van der Waals surface area contributed by atoms with Crippen molar-refractivity contribution >= 4 is 35.2 Å². The van der Waals surface area contributed by atoms with Crippen molar-refractivity contribution in [2.45, 2.75) is 64.7 Å². The molecule has 1 saturated heterocycles. The van der Waals surface area contributed by atoms with Crippen molar-refractivity contribution in [2.24, 2.45) is 5.41 Å². The molecule has 14 heteroatoms. The molecule has 6 atom stereocenters. The molecular weight excluding hydrogens is 585 g/mol. The molecule has 4 rings (SSSR count). The SMILES string of the molecule is C[C@H](NP(=S)(OC[C@H]1O[C@@H](n2ccc(=O)[nH]c2=O)[C@](C)(O)[C@@H]1O)Oc1cccc2ccccc12)C(=O)OCC(C)(C)C. The molecule has 0 amide bonds. The Kier molecular flexibility index (Phi) is 9.43.